The number of carbonyl (C=O) groups excluding carboxylic acids is 1. The zero-order valence-corrected chi connectivity index (χ0v) is 10.6. The second-order valence-corrected chi connectivity index (χ2v) is 4.50. The minimum atomic E-state index is -0.0183. The van der Waals surface area contributed by atoms with E-state index in [-0.39, 0.29) is 5.91 Å². The largest absolute Gasteiger partial charge is 0.284 e. The third kappa shape index (κ3) is 2.87. The number of amides is 1. The third-order valence-electron chi connectivity index (χ3n) is 3.11. The molecule has 18 heavy (non-hydrogen) atoms. The summed E-state index contributed by atoms with van der Waals surface area (Å²) in [7, 11) is 1.58. The molecule has 0 aliphatic rings. The van der Waals surface area contributed by atoms with Gasteiger partial charge in [0.1, 0.15) is 0 Å². The first-order chi connectivity index (χ1) is 8.68. The van der Waals surface area contributed by atoms with Gasteiger partial charge in [-0.1, -0.05) is 42.5 Å². The van der Waals surface area contributed by atoms with Crippen molar-refractivity contribution in [3.63, 3.8) is 0 Å². The minimum Gasteiger partial charge on any atom is -0.284 e. The van der Waals surface area contributed by atoms with E-state index in [1.54, 1.807) is 7.05 Å². The highest BCUT2D eigenvalue weighted by Crippen LogP contribution is 2.20. The zero-order chi connectivity index (χ0) is 13.0. The van der Waals surface area contributed by atoms with E-state index in [0.29, 0.717) is 6.42 Å². The molecule has 0 saturated heterocycles. The van der Waals surface area contributed by atoms with Crippen molar-refractivity contribution in [2.75, 3.05) is 7.05 Å². The van der Waals surface area contributed by atoms with Crippen molar-refractivity contribution < 1.29 is 4.79 Å². The molecule has 94 valence electrons. The fourth-order valence-electron chi connectivity index (χ4n) is 2.12. The Morgan fingerprint density at radius 2 is 1.89 bits per heavy atom. The van der Waals surface area contributed by atoms with Crippen molar-refractivity contribution in [3.05, 3.63) is 48.0 Å². The molecule has 2 aromatic rings. The standard InChI is InChI=1S/C15H18N2O/c1-17(16)15(18)11-5-9-13-8-4-7-12-6-2-3-10-14(12)13/h2-4,6-8,10H,5,9,11,16H2,1H3. The van der Waals surface area contributed by atoms with Crippen molar-refractivity contribution in [1.82, 2.24) is 5.01 Å². The van der Waals surface area contributed by atoms with Crippen molar-refractivity contribution in [2.45, 2.75) is 19.3 Å². The number of hydrogen-bond acceptors (Lipinski definition) is 2. The molecule has 0 radical (unpaired) electrons. The predicted molar refractivity (Wildman–Crippen MR) is 73.8 cm³/mol. The lowest BCUT2D eigenvalue weighted by Crippen LogP contribution is -2.32. The van der Waals surface area contributed by atoms with E-state index in [2.05, 4.69) is 30.3 Å². The fourth-order valence-corrected chi connectivity index (χ4v) is 2.12. The fraction of sp³-hybridized carbons (Fsp3) is 0.267. The van der Waals surface area contributed by atoms with Crippen molar-refractivity contribution >= 4 is 16.7 Å². The van der Waals surface area contributed by atoms with Crippen LogP contribution < -0.4 is 5.84 Å². The maximum absolute atomic E-state index is 11.4. The Kier molecular flexibility index (Phi) is 3.95. The lowest BCUT2D eigenvalue weighted by atomic mass is 10.0. The molecule has 0 heterocycles. The van der Waals surface area contributed by atoms with Gasteiger partial charge in [-0.25, -0.2) is 5.84 Å². The molecule has 2 rings (SSSR count). The number of hydrogen-bond donors (Lipinski definition) is 1. The molecular weight excluding hydrogens is 224 g/mol. The van der Waals surface area contributed by atoms with Crippen LogP contribution in [-0.2, 0) is 11.2 Å². The average molecular weight is 242 g/mol. The molecule has 3 heteroatoms. The number of benzene rings is 2. The number of fused-ring (bicyclic) bond motifs is 1. The molecule has 0 spiro atoms. The number of nitrogens with two attached hydrogens (primary N) is 1. The number of aryl methyl sites for hydroxylation is 1. The van der Waals surface area contributed by atoms with Gasteiger partial charge >= 0.3 is 0 Å². The van der Waals surface area contributed by atoms with Crippen LogP contribution in [0.2, 0.25) is 0 Å². The molecule has 0 aliphatic heterocycles. The van der Waals surface area contributed by atoms with E-state index in [0.717, 1.165) is 17.9 Å². The first-order valence-corrected chi connectivity index (χ1v) is 6.16. The van der Waals surface area contributed by atoms with E-state index >= 15 is 0 Å². The van der Waals surface area contributed by atoms with E-state index in [1.165, 1.54) is 16.3 Å². The summed E-state index contributed by atoms with van der Waals surface area (Å²) in [5.74, 6) is 5.37. The van der Waals surface area contributed by atoms with E-state index in [4.69, 9.17) is 5.84 Å². The van der Waals surface area contributed by atoms with Crippen LogP contribution in [0, 0.1) is 0 Å². The summed E-state index contributed by atoms with van der Waals surface area (Å²) < 4.78 is 0. The SMILES string of the molecule is CN(N)C(=O)CCCc1cccc2ccccc12. The predicted octanol–water partition coefficient (Wildman–Crippen LogP) is 2.49. The van der Waals surface area contributed by atoms with Crippen LogP contribution in [0.25, 0.3) is 10.8 Å². The van der Waals surface area contributed by atoms with Gasteiger partial charge in [-0.15, -0.1) is 0 Å². The highest BCUT2D eigenvalue weighted by Gasteiger charge is 2.05. The summed E-state index contributed by atoms with van der Waals surface area (Å²) in [4.78, 5) is 11.4. The molecule has 2 N–H and O–H groups in total. The molecular formula is C15H18N2O. The summed E-state index contributed by atoms with van der Waals surface area (Å²) in [6.07, 6.45) is 2.23. The molecule has 0 aliphatic carbocycles. The van der Waals surface area contributed by atoms with Crippen molar-refractivity contribution in [2.24, 2.45) is 5.84 Å². The van der Waals surface area contributed by atoms with Gasteiger partial charge in [0, 0.05) is 13.5 Å². The van der Waals surface area contributed by atoms with Gasteiger partial charge in [0.2, 0.25) is 5.91 Å². The lowest BCUT2D eigenvalue weighted by molar-refractivity contribution is -0.130. The first-order valence-electron chi connectivity index (χ1n) is 6.16. The normalized spacial score (nSPS) is 10.6. The van der Waals surface area contributed by atoms with Crippen LogP contribution in [0.15, 0.2) is 42.5 Å². The number of rotatable bonds is 4. The molecule has 3 nitrogen and oxygen atoms in total. The van der Waals surface area contributed by atoms with Crippen LogP contribution in [0.5, 0.6) is 0 Å². The summed E-state index contributed by atoms with van der Waals surface area (Å²) in [5, 5.41) is 3.68. The van der Waals surface area contributed by atoms with Crippen molar-refractivity contribution in [1.29, 1.82) is 0 Å². The minimum absolute atomic E-state index is 0.0183. The second-order valence-electron chi connectivity index (χ2n) is 4.50. The molecule has 0 fully saturated rings. The monoisotopic (exact) mass is 242 g/mol. The number of hydrazine groups is 1. The smallest absolute Gasteiger partial charge is 0.236 e. The van der Waals surface area contributed by atoms with E-state index in [9.17, 15) is 4.79 Å². The summed E-state index contributed by atoms with van der Waals surface area (Å²) >= 11 is 0. The van der Waals surface area contributed by atoms with Crippen LogP contribution in [-0.4, -0.2) is 18.0 Å². The Hall–Kier alpha value is -1.87. The van der Waals surface area contributed by atoms with Gasteiger partial charge in [0.25, 0.3) is 0 Å². The van der Waals surface area contributed by atoms with Crippen LogP contribution in [0.3, 0.4) is 0 Å². The first kappa shape index (κ1) is 12.6. The van der Waals surface area contributed by atoms with Gasteiger partial charge in [-0.05, 0) is 29.2 Å². The van der Waals surface area contributed by atoms with Gasteiger partial charge in [-0.2, -0.15) is 0 Å². The quantitative estimate of drug-likeness (QED) is 0.508. The maximum atomic E-state index is 11.4. The van der Waals surface area contributed by atoms with Gasteiger partial charge in [0.15, 0.2) is 0 Å². The maximum Gasteiger partial charge on any atom is 0.236 e. The highest BCUT2D eigenvalue weighted by atomic mass is 16.2. The molecule has 0 aromatic heterocycles. The Balaban J connectivity index is 2.06. The van der Waals surface area contributed by atoms with Crippen LogP contribution in [0.1, 0.15) is 18.4 Å². The average Bonchev–Trinajstić information content (AvgIpc) is 2.38. The molecule has 1 amide bonds. The topological polar surface area (TPSA) is 46.3 Å². The van der Waals surface area contributed by atoms with Gasteiger partial charge in [-0.3, -0.25) is 9.80 Å². The number of nitrogens with zero attached hydrogens (tertiary/aromatic N) is 1. The van der Waals surface area contributed by atoms with Crippen molar-refractivity contribution in [3.8, 4) is 0 Å². The van der Waals surface area contributed by atoms with E-state index < -0.39 is 0 Å². The Bertz CT molecular complexity index is 544. The van der Waals surface area contributed by atoms with Gasteiger partial charge in [0.05, 0.1) is 0 Å². The molecule has 2 aromatic carbocycles. The summed E-state index contributed by atoms with van der Waals surface area (Å²) in [6, 6.07) is 14.6. The van der Waals surface area contributed by atoms with E-state index in [1.807, 2.05) is 12.1 Å². The number of carbonyl (C=O) groups is 1. The van der Waals surface area contributed by atoms with Crippen LogP contribution in [0.4, 0.5) is 0 Å². The Labute approximate surface area is 107 Å². The summed E-state index contributed by atoms with van der Waals surface area (Å²) in [6.45, 7) is 0. The van der Waals surface area contributed by atoms with Gasteiger partial charge < -0.3 is 0 Å². The lowest BCUT2D eigenvalue weighted by Gasteiger charge is -2.10. The molecule has 0 atom stereocenters. The third-order valence-corrected chi connectivity index (χ3v) is 3.11. The highest BCUT2D eigenvalue weighted by molar-refractivity contribution is 5.85. The Morgan fingerprint density at radius 3 is 2.67 bits per heavy atom. The molecule has 0 unspecified atom stereocenters. The zero-order valence-electron chi connectivity index (χ0n) is 10.6. The molecule has 0 saturated carbocycles. The molecule has 0 bridgehead atoms. The summed E-state index contributed by atoms with van der Waals surface area (Å²) in [5.41, 5.74) is 1.29. The Morgan fingerprint density at radius 1 is 1.17 bits per heavy atom. The van der Waals surface area contributed by atoms with Crippen LogP contribution >= 0.6 is 0 Å². The second kappa shape index (κ2) is 5.65.